The number of anilines is 1. The Morgan fingerprint density at radius 3 is 2.08 bits per heavy atom. The smallest absolute Gasteiger partial charge is 0.313 e. The van der Waals surface area contributed by atoms with Crippen molar-refractivity contribution in [2.45, 2.75) is 37.5 Å². The average Bonchev–Trinajstić information content (AvgIpc) is 3.38. The first-order valence-electron chi connectivity index (χ1n) is 8.07. The van der Waals surface area contributed by atoms with Crippen LogP contribution in [0.4, 0.5) is 5.69 Å². The predicted molar refractivity (Wildman–Crippen MR) is 93.1 cm³/mol. The van der Waals surface area contributed by atoms with Crippen molar-refractivity contribution in [3.8, 4) is 0 Å². The molecule has 0 aliphatic heterocycles. The fraction of sp³-hybridized carbons (Fsp3) is 0.300. The molecule has 4 heteroatoms. The fourth-order valence-corrected chi connectivity index (χ4v) is 2.87. The number of carbonyl (C=O) groups is 2. The normalized spacial score (nSPS) is 15.6. The molecule has 2 aromatic rings. The van der Waals surface area contributed by atoms with Crippen molar-refractivity contribution >= 4 is 17.6 Å². The van der Waals surface area contributed by atoms with E-state index in [2.05, 4.69) is 5.32 Å². The molecule has 1 aliphatic carbocycles. The Balaban J connectivity index is 1.75. The zero-order valence-corrected chi connectivity index (χ0v) is 13.9. The molecule has 24 heavy (non-hydrogen) atoms. The Morgan fingerprint density at radius 2 is 1.58 bits per heavy atom. The minimum absolute atomic E-state index is 0.000977. The molecule has 4 nitrogen and oxygen atoms in total. The lowest BCUT2D eigenvalue weighted by atomic mass is 9.85. The van der Waals surface area contributed by atoms with E-state index in [0.29, 0.717) is 11.3 Å². The highest BCUT2D eigenvalue weighted by molar-refractivity contribution is 6.01. The van der Waals surface area contributed by atoms with Crippen LogP contribution in [0.1, 0.15) is 37.8 Å². The Bertz CT molecular complexity index is 759. The molecule has 0 bridgehead atoms. The number of nitrogens with one attached hydrogen (secondary N) is 1. The standard InChI is InChI=1S/C20H21NO3/c1-19(2,18(23)24)14-8-10-16(11-9-14)21-17(22)20(12-13-20)15-6-4-3-5-7-15/h3-11H,12-13H2,1-2H3,(H,21,22)(H,23,24). The minimum atomic E-state index is -0.954. The molecule has 3 rings (SSSR count). The van der Waals surface area contributed by atoms with Gasteiger partial charge in [0.2, 0.25) is 5.91 Å². The van der Waals surface area contributed by atoms with Crippen molar-refractivity contribution < 1.29 is 14.7 Å². The Morgan fingerprint density at radius 1 is 1.00 bits per heavy atom. The second kappa shape index (κ2) is 5.78. The van der Waals surface area contributed by atoms with Gasteiger partial charge in [0.25, 0.3) is 0 Å². The first-order valence-corrected chi connectivity index (χ1v) is 8.07. The van der Waals surface area contributed by atoms with Crippen molar-refractivity contribution in [1.82, 2.24) is 0 Å². The maximum absolute atomic E-state index is 12.7. The zero-order chi connectivity index (χ0) is 17.4. The number of carboxylic acids is 1. The van der Waals surface area contributed by atoms with E-state index >= 15 is 0 Å². The van der Waals surface area contributed by atoms with Crippen molar-refractivity contribution in [3.63, 3.8) is 0 Å². The third-order valence-corrected chi connectivity index (χ3v) is 4.91. The molecule has 0 unspecified atom stereocenters. The van der Waals surface area contributed by atoms with E-state index in [1.165, 1.54) is 0 Å². The maximum Gasteiger partial charge on any atom is 0.313 e. The number of hydrogen-bond donors (Lipinski definition) is 2. The minimum Gasteiger partial charge on any atom is -0.481 e. The van der Waals surface area contributed by atoms with E-state index in [1.807, 2.05) is 30.3 Å². The summed E-state index contributed by atoms with van der Waals surface area (Å²) < 4.78 is 0. The first kappa shape index (κ1) is 16.2. The van der Waals surface area contributed by atoms with Gasteiger partial charge in [-0.1, -0.05) is 42.5 Å². The van der Waals surface area contributed by atoms with Gasteiger partial charge in [-0.2, -0.15) is 0 Å². The first-order chi connectivity index (χ1) is 11.4. The van der Waals surface area contributed by atoms with Crippen LogP contribution in [0.25, 0.3) is 0 Å². The molecule has 0 aromatic heterocycles. The van der Waals surface area contributed by atoms with Gasteiger partial charge in [-0.05, 0) is 49.9 Å². The van der Waals surface area contributed by atoms with Crippen LogP contribution in [0.15, 0.2) is 54.6 Å². The zero-order valence-electron chi connectivity index (χ0n) is 13.9. The quantitative estimate of drug-likeness (QED) is 0.881. The number of aliphatic carboxylic acids is 1. The lowest BCUT2D eigenvalue weighted by Gasteiger charge is -2.20. The number of carbonyl (C=O) groups excluding carboxylic acids is 1. The van der Waals surface area contributed by atoms with Crippen LogP contribution in [0.5, 0.6) is 0 Å². The summed E-state index contributed by atoms with van der Waals surface area (Å²) in [6, 6.07) is 16.9. The van der Waals surface area contributed by atoms with Gasteiger partial charge in [-0.25, -0.2) is 0 Å². The van der Waals surface area contributed by atoms with Crippen molar-refractivity contribution in [3.05, 3.63) is 65.7 Å². The topological polar surface area (TPSA) is 66.4 Å². The van der Waals surface area contributed by atoms with Gasteiger partial charge >= 0.3 is 5.97 Å². The lowest BCUT2D eigenvalue weighted by molar-refractivity contribution is -0.142. The molecule has 0 radical (unpaired) electrons. The molecule has 0 saturated heterocycles. The van der Waals surface area contributed by atoms with Crippen LogP contribution in [-0.4, -0.2) is 17.0 Å². The summed E-state index contributed by atoms with van der Waals surface area (Å²) in [4.78, 5) is 24.0. The highest BCUT2D eigenvalue weighted by Gasteiger charge is 2.51. The molecule has 2 aromatic carbocycles. The highest BCUT2D eigenvalue weighted by Crippen LogP contribution is 2.48. The van der Waals surface area contributed by atoms with Crippen LogP contribution in [0, 0.1) is 0 Å². The Labute approximate surface area is 141 Å². The Kier molecular flexibility index (Phi) is 3.91. The van der Waals surface area contributed by atoms with Crippen molar-refractivity contribution in [2.24, 2.45) is 0 Å². The van der Waals surface area contributed by atoms with E-state index in [0.717, 1.165) is 18.4 Å². The molecule has 0 spiro atoms. The second-order valence-corrected chi connectivity index (χ2v) is 6.91. The third-order valence-electron chi connectivity index (χ3n) is 4.91. The van der Waals surface area contributed by atoms with Gasteiger partial charge in [-0.15, -0.1) is 0 Å². The van der Waals surface area contributed by atoms with Crippen LogP contribution in [0.3, 0.4) is 0 Å². The molecular formula is C20H21NO3. The van der Waals surface area contributed by atoms with Gasteiger partial charge in [0, 0.05) is 5.69 Å². The summed E-state index contributed by atoms with van der Waals surface area (Å²) in [6.45, 7) is 3.33. The van der Waals surface area contributed by atoms with E-state index < -0.39 is 16.8 Å². The summed E-state index contributed by atoms with van der Waals surface area (Å²) in [6.07, 6.45) is 1.71. The molecule has 2 N–H and O–H groups in total. The predicted octanol–water partition coefficient (Wildman–Crippen LogP) is 3.72. The largest absolute Gasteiger partial charge is 0.481 e. The van der Waals surface area contributed by atoms with Crippen LogP contribution in [-0.2, 0) is 20.4 Å². The molecule has 1 aliphatic rings. The van der Waals surface area contributed by atoms with Gasteiger partial charge in [0.1, 0.15) is 0 Å². The van der Waals surface area contributed by atoms with Crippen molar-refractivity contribution in [2.75, 3.05) is 5.32 Å². The van der Waals surface area contributed by atoms with Crippen LogP contribution >= 0.6 is 0 Å². The fourth-order valence-electron chi connectivity index (χ4n) is 2.87. The van der Waals surface area contributed by atoms with Crippen LogP contribution < -0.4 is 5.32 Å². The number of amides is 1. The SMILES string of the molecule is CC(C)(C(=O)O)c1ccc(NC(=O)C2(c3ccccc3)CC2)cc1. The molecule has 1 fully saturated rings. The number of hydrogen-bond acceptors (Lipinski definition) is 2. The summed E-state index contributed by atoms with van der Waals surface area (Å²) in [7, 11) is 0. The number of carboxylic acid groups (broad SMARTS) is 1. The van der Waals surface area contributed by atoms with Gasteiger partial charge in [-0.3, -0.25) is 9.59 Å². The third kappa shape index (κ3) is 2.80. The van der Waals surface area contributed by atoms with Gasteiger partial charge in [0.15, 0.2) is 0 Å². The molecule has 0 atom stereocenters. The highest BCUT2D eigenvalue weighted by atomic mass is 16.4. The second-order valence-electron chi connectivity index (χ2n) is 6.91. The molecular weight excluding hydrogens is 302 g/mol. The summed E-state index contributed by atoms with van der Waals surface area (Å²) in [5.74, 6) is -0.876. The van der Waals surface area contributed by atoms with Crippen molar-refractivity contribution in [1.29, 1.82) is 0 Å². The lowest BCUT2D eigenvalue weighted by Crippen LogP contribution is -2.29. The Hall–Kier alpha value is -2.62. The summed E-state index contributed by atoms with van der Waals surface area (Å²) >= 11 is 0. The van der Waals surface area contributed by atoms with Crippen LogP contribution in [0.2, 0.25) is 0 Å². The molecule has 1 amide bonds. The monoisotopic (exact) mass is 323 g/mol. The summed E-state index contributed by atoms with van der Waals surface area (Å²) in [5.41, 5.74) is 1.07. The van der Waals surface area contributed by atoms with Gasteiger partial charge in [0.05, 0.1) is 10.8 Å². The average molecular weight is 323 g/mol. The molecule has 1 saturated carbocycles. The molecule has 124 valence electrons. The molecule has 0 heterocycles. The van der Waals surface area contributed by atoms with Gasteiger partial charge < -0.3 is 10.4 Å². The van der Waals surface area contributed by atoms with E-state index in [9.17, 15) is 14.7 Å². The van der Waals surface area contributed by atoms with E-state index in [1.54, 1.807) is 38.1 Å². The van der Waals surface area contributed by atoms with E-state index in [4.69, 9.17) is 0 Å². The summed E-state index contributed by atoms with van der Waals surface area (Å²) in [5, 5.41) is 12.2. The maximum atomic E-state index is 12.7. The van der Waals surface area contributed by atoms with E-state index in [-0.39, 0.29) is 5.91 Å². The number of rotatable bonds is 5. The number of benzene rings is 2.